The van der Waals surface area contributed by atoms with Crippen molar-refractivity contribution in [2.75, 3.05) is 36.9 Å². The Balaban J connectivity index is 2.22. The predicted molar refractivity (Wildman–Crippen MR) is 56.3 cm³/mol. The second-order valence-corrected chi connectivity index (χ2v) is 3.52. The third kappa shape index (κ3) is 2.36. The summed E-state index contributed by atoms with van der Waals surface area (Å²) in [6, 6.07) is 1.38. The fraction of sp³-hybridized carbons (Fsp3) is 0.500. The zero-order chi connectivity index (χ0) is 10.7. The van der Waals surface area contributed by atoms with Crippen LogP contribution in [0.3, 0.4) is 0 Å². The van der Waals surface area contributed by atoms with Crippen molar-refractivity contribution in [3.05, 3.63) is 18.2 Å². The summed E-state index contributed by atoms with van der Waals surface area (Å²) in [6.45, 7) is 2.99. The summed E-state index contributed by atoms with van der Waals surface area (Å²) in [5.41, 5.74) is 6.99. The molecule has 0 aliphatic carbocycles. The van der Waals surface area contributed by atoms with E-state index in [0.717, 1.165) is 26.1 Å². The van der Waals surface area contributed by atoms with Gasteiger partial charge in [-0.15, -0.1) is 0 Å². The van der Waals surface area contributed by atoms with Crippen molar-refractivity contribution >= 4 is 11.4 Å². The van der Waals surface area contributed by atoms with Gasteiger partial charge in [-0.3, -0.25) is 0 Å². The van der Waals surface area contributed by atoms with E-state index in [-0.39, 0.29) is 0 Å². The van der Waals surface area contributed by atoms with Crippen LogP contribution in [0, 0.1) is 5.95 Å². The molecule has 2 heterocycles. The number of rotatable bonds is 1. The number of nitrogens with zero attached hydrogens (tertiary/aromatic N) is 2. The quantitative estimate of drug-likeness (QED) is 0.705. The zero-order valence-corrected chi connectivity index (χ0v) is 8.45. The lowest BCUT2D eigenvalue weighted by Crippen LogP contribution is -2.26. The Kier molecular flexibility index (Phi) is 3.01. The van der Waals surface area contributed by atoms with Crippen LogP contribution in [0.4, 0.5) is 15.8 Å². The van der Waals surface area contributed by atoms with E-state index in [1.807, 2.05) is 4.90 Å². The van der Waals surface area contributed by atoms with Crippen LogP contribution in [-0.2, 0) is 4.74 Å². The molecule has 5 heteroatoms. The molecule has 0 bridgehead atoms. The molecule has 0 aromatic carbocycles. The Hall–Kier alpha value is -1.36. The number of hydrogen-bond donors (Lipinski definition) is 1. The zero-order valence-electron chi connectivity index (χ0n) is 8.45. The van der Waals surface area contributed by atoms with Crippen LogP contribution in [0.5, 0.6) is 0 Å². The molecule has 1 aromatic heterocycles. The average molecular weight is 211 g/mol. The molecule has 1 fully saturated rings. The first kappa shape index (κ1) is 10.2. The smallest absolute Gasteiger partial charge is 0.215 e. The Labute approximate surface area is 87.8 Å². The maximum absolute atomic E-state index is 13.0. The Bertz CT molecular complexity index is 337. The van der Waals surface area contributed by atoms with Gasteiger partial charge in [-0.1, -0.05) is 0 Å². The van der Waals surface area contributed by atoms with Gasteiger partial charge in [0, 0.05) is 25.8 Å². The number of ether oxygens (including phenoxy) is 1. The summed E-state index contributed by atoms with van der Waals surface area (Å²) in [5, 5.41) is 0. The summed E-state index contributed by atoms with van der Waals surface area (Å²) in [4.78, 5) is 5.54. The van der Waals surface area contributed by atoms with Crippen molar-refractivity contribution in [2.24, 2.45) is 0 Å². The molecule has 1 aliphatic rings. The topological polar surface area (TPSA) is 51.4 Å². The summed E-state index contributed by atoms with van der Waals surface area (Å²) in [6.07, 6.45) is 2.29. The number of halogens is 1. The van der Waals surface area contributed by atoms with Gasteiger partial charge >= 0.3 is 0 Å². The van der Waals surface area contributed by atoms with Crippen molar-refractivity contribution in [3.63, 3.8) is 0 Å². The van der Waals surface area contributed by atoms with Crippen LogP contribution in [0.15, 0.2) is 12.3 Å². The molecule has 4 nitrogen and oxygen atoms in total. The molecule has 0 amide bonds. The second-order valence-electron chi connectivity index (χ2n) is 3.52. The van der Waals surface area contributed by atoms with Crippen molar-refractivity contribution in [2.45, 2.75) is 6.42 Å². The van der Waals surface area contributed by atoms with Crippen LogP contribution < -0.4 is 10.6 Å². The first-order valence-electron chi connectivity index (χ1n) is 5.01. The number of hydrogen-bond acceptors (Lipinski definition) is 4. The highest BCUT2D eigenvalue weighted by Gasteiger charge is 2.13. The largest absolute Gasteiger partial charge is 0.396 e. The van der Waals surface area contributed by atoms with Crippen LogP contribution in [0.25, 0.3) is 0 Å². The molecular weight excluding hydrogens is 197 g/mol. The van der Waals surface area contributed by atoms with E-state index in [9.17, 15) is 4.39 Å². The number of nitrogen functional groups attached to an aromatic ring is 1. The predicted octanol–water partition coefficient (Wildman–Crippen LogP) is 1.03. The summed E-state index contributed by atoms with van der Waals surface area (Å²) >= 11 is 0. The van der Waals surface area contributed by atoms with Gasteiger partial charge in [-0.05, 0) is 6.42 Å². The highest BCUT2D eigenvalue weighted by Crippen LogP contribution is 2.23. The standard InChI is InChI=1S/C10H14FN3O/c11-10-6-9(8(12)7-13-10)14-2-1-4-15-5-3-14/h6-7H,1-5,12H2. The average Bonchev–Trinajstić information content (AvgIpc) is 2.50. The molecule has 2 rings (SSSR count). The van der Waals surface area contributed by atoms with E-state index >= 15 is 0 Å². The molecular formula is C10H14FN3O. The third-order valence-corrected chi connectivity index (χ3v) is 2.44. The summed E-state index contributed by atoms with van der Waals surface area (Å²) in [7, 11) is 0. The van der Waals surface area contributed by atoms with Gasteiger partial charge in [0.05, 0.1) is 24.2 Å². The SMILES string of the molecule is Nc1cnc(F)cc1N1CCCOCC1. The summed E-state index contributed by atoms with van der Waals surface area (Å²) < 4.78 is 18.3. The van der Waals surface area contributed by atoms with Gasteiger partial charge in [-0.2, -0.15) is 4.39 Å². The molecule has 0 saturated carbocycles. The maximum atomic E-state index is 13.0. The second kappa shape index (κ2) is 4.44. The minimum Gasteiger partial charge on any atom is -0.396 e. The van der Waals surface area contributed by atoms with Crippen LogP contribution >= 0.6 is 0 Å². The van der Waals surface area contributed by atoms with E-state index in [1.54, 1.807) is 0 Å². The number of aromatic nitrogens is 1. The molecule has 15 heavy (non-hydrogen) atoms. The minimum absolute atomic E-state index is 0.496. The van der Waals surface area contributed by atoms with E-state index in [2.05, 4.69) is 4.98 Å². The molecule has 0 radical (unpaired) electrons. The fourth-order valence-electron chi connectivity index (χ4n) is 1.69. The molecule has 2 N–H and O–H groups in total. The van der Waals surface area contributed by atoms with Gasteiger partial charge in [-0.25, -0.2) is 4.98 Å². The van der Waals surface area contributed by atoms with Gasteiger partial charge in [0.15, 0.2) is 0 Å². The Morgan fingerprint density at radius 1 is 1.40 bits per heavy atom. The lowest BCUT2D eigenvalue weighted by atomic mass is 10.3. The Morgan fingerprint density at radius 3 is 3.13 bits per heavy atom. The van der Waals surface area contributed by atoms with Gasteiger partial charge in [0.2, 0.25) is 5.95 Å². The molecule has 82 valence electrons. The van der Waals surface area contributed by atoms with Crippen molar-refractivity contribution < 1.29 is 9.13 Å². The number of nitrogens with two attached hydrogens (primary N) is 1. The van der Waals surface area contributed by atoms with Gasteiger partial charge in [0.1, 0.15) is 0 Å². The van der Waals surface area contributed by atoms with Crippen LogP contribution in [0.1, 0.15) is 6.42 Å². The highest BCUT2D eigenvalue weighted by atomic mass is 19.1. The fourth-order valence-corrected chi connectivity index (χ4v) is 1.69. The molecule has 0 unspecified atom stereocenters. The molecule has 0 spiro atoms. The minimum atomic E-state index is -0.496. The van der Waals surface area contributed by atoms with E-state index in [1.165, 1.54) is 12.3 Å². The molecule has 1 saturated heterocycles. The van der Waals surface area contributed by atoms with Crippen molar-refractivity contribution in [1.82, 2.24) is 4.98 Å². The van der Waals surface area contributed by atoms with Crippen LogP contribution in [0.2, 0.25) is 0 Å². The highest BCUT2D eigenvalue weighted by molar-refractivity contribution is 5.66. The van der Waals surface area contributed by atoms with E-state index in [4.69, 9.17) is 10.5 Å². The first-order chi connectivity index (χ1) is 7.27. The normalized spacial score (nSPS) is 17.5. The van der Waals surface area contributed by atoms with Gasteiger partial charge in [0.25, 0.3) is 0 Å². The third-order valence-electron chi connectivity index (χ3n) is 2.44. The monoisotopic (exact) mass is 211 g/mol. The first-order valence-corrected chi connectivity index (χ1v) is 5.01. The molecule has 1 aliphatic heterocycles. The van der Waals surface area contributed by atoms with Gasteiger partial charge < -0.3 is 15.4 Å². The lowest BCUT2D eigenvalue weighted by molar-refractivity contribution is 0.152. The van der Waals surface area contributed by atoms with E-state index < -0.39 is 5.95 Å². The maximum Gasteiger partial charge on any atom is 0.215 e. The Morgan fingerprint density at radius 2 is 2.27 bits per heavy atom. The van der Waals surface area contributed by atoms with Crippen molar-refractivity contribution in [3.8, 4) is 0 Å². The lowest BCUT2D eigenvalue weighted by Gasteiger charge is -2.23. The molecule has 1 aromatic rings. The summed E-state index contributed by atoms with van der Waals surface area (Å²) in [5.74, 6) is -0.496. The van der Waals surface area contributed by atoms with Crippen LogP contribution in [-0.4, -0.2) is 31.3 Å². The molecule has 0 atom stereocenters. The van der Waals surface area contributed by atoms with E-state index in [0.29, 0.717) is 18.0 Å². The number of anilines is 2. The number of pyridine rings is 1. The van der Waals surface area contributed by atoms with Crippen molar-refractivity contribution in [1.29, 1.82) is 0 Å².